The fraction of sp³-hybridized carbons (Fsp3) is 0.300. The van der Waals surface area contributed by atoms with Gasteiger partial charge < -0.3 is 9.84 Å². The van der Waals surface area contributed by atoms with Crippen LogP contribution in [-0.2, 0) is 9.59 Å². The molecule has 1 aliphatic rings. The van der Waals surface area contributed by atoms with Crippen LogP contribution in [-0.4, -0.2) is 28.4 Å². The molecular formula is C30H32N2O4. The Hall–Kier alpha value is -3.93. The van der Waals surface area contributed by atoms with Gasteiger partial charge in [-0.2, -0.15) is 0 Å². The van der Waals surface area contributed by atoms with Gasteiger partial charge in [-0.1, -0.05) is 39.8 Å². The largest absolute Gasteiger partial charge is 0.507 e. The molecule has 1 amide bonds. The second-order valence-corrected chi connectivity index (χ2v) is 9.54. The number of pyridine rings is 1. The van der Waals surface area contributed by atoms with Gasteiger partial charge in [-0.3, -0.25) is 19.5 Å². The Morgan fingerprint density at radius 1 is 0.972 bits per heavy atom. The fourth-order valence-electron chi connectivity index (χ4n) is 4.57. The zero-order valence-electron chi connectivity index (χ0n) is 21.4. The van der Waals surface area contributed by atoms with E-state index in [2.05, 4.69) is 18.8 Å². The maximum absolute atomic E-state index is 13.4. The minimum atomic E-state index is -0.785. The molecule has 1 unspecified atom stereocenters. The molecule has 4 rings (SSSR count). The van der Waals surface area contributed by atoms with Gasteiger partial charge in [-0.15, -0.1) is 0 Å². The van der Waals surface area contributed by atoms with Crippen molar-refractivity contribution in [3.8, 4) is 5.75 Å². The van der Waals surface area contributed by atoms with Crippen LogP contribution in [0, 0.1) is 0 Å². The summed E-state index contributed by atoms with van der Waals surface area (Å²) in [5, 5.41) is 11.5. The van der Waals surface area contributed by atoms with E-state index in [1.165, 1.54) is 4.90 Å². The molecule has 1 aliphatic heterocycles. The Morgan fingerprint density at radius 2 is 1.64 bits per heavy atom. The number of benzene rings is 2. The first-order valence-electron chi connectivity index (χ1n) is 12.3. The Bertz CT molecular complexity index is 1290. The van der Waals surface area contributed by atoms with Gasteiger partial charge in [0.2, 0.25) is 0 Å². The number of hydrogen-bond donors (Lipinski definition) is 1. The number of carbonyl (C=O) groups is 2. The van der Waals surface area contributed by atoms with Crippen LogP contribution in [0.25, 0.3) is 5.76 Å². The molecule has 1 atom stereocenters. The minimum Gasteiger partial charge on any atom is -0.507 e. The van der Waals surface area contributed by atoms with Crippen molar-refractivity contribution in [2.45, 2.75) is 52.5 Å². The normalized spacial score (nSPS) is 17.3. The Labute approximate surface area is 212 Å². The number of aromatic nitrogens is 1. The number of carbonyl (C=O) groups excluding carboxylic acids is 2. The summed E-state index contributed by atoms with van der Waals surface area (Å²) in [6.07, 6.45) is 3.23. The lowest BCUT2D eigenvalue weighted by Gasteiger charge is -2.25. The molecule has 36 heavy (non-hydrogen) atoms. The summed E-state index contributed by atoms with van der Waals surface area (Å²) >= 11 is 0. The second-order valence-electron chi connectivity index (χ2n) is 9.54. The molecular weight excluding hydrogens is 452 g/mol. The molecule has 2 heterocycles. The number of hydrogen-bond acceptors (Lipinski definition) is 5. The smallest absolute Gasteiger partial charge is 0.300 e. The van der Waals surface area contributed by atoms with Gasteiger partial charge in [0.05, 0.1) is 18.2 Å². The third-order valence-electron chi connectivity index (χ3n) is 6.51. The van der Waals surface area contributed by atoms with Crippen molar-refractivity contribution in [2.75, 3.05) is 11.5 Å². The molecule has 1 fully saturated rings. The number of Topliss-reactive ketones (excluding diaryl/α,β-unsaturated/α-hetero) is 1. The number of aliphatic hydroxyl groups is 1. The minimum absolute atomic E-state index is 0.0537. The standard InChI is InChI=1S/C30H32N2O4/c1-6-36-25-12-9-22(17-24(25)19(4)5)28(33)26-27(21-13-15-31-16-14-21)32(30(35)29(26)34)23-10-7-20(8-11-23)18(2)3/h7-19,27,33H,6H2,1-5H3/b28-26-. The van der Waals surface area contributed by atoms with Crippen LogP contribution in [0.15, 0.2) is 72.6 Å². The van der Waals surface area contributed by atoms with Crippen LogP contribution in [0.1, 0.15) is 74.8 Å². The number of aliphatic hydroxyl groups excluding tert-OH is 1. The quantitative estimate of drug-likeness (QED) is 0.240. The van der Waals surface area contributed by atoms with Gasteiger partial charge in [0.1, 0.15) is 11.5 Å². The van der Waals surface area contributed by atoms with Crippen LogP contribution < -0.4 is 9.64 Å². The van der Waals surface area contributed by atoms with Gasteiger partial charge >= 0.3 is 0 Å². The average molecular weight is 485 g/mol. The maximum Gasteiger partial charge on any atom is 0.300 e. The summed E-state index contributed by atoms with van der Waals surface area (Å²) in [6, 6.07) is 15.7. The predicted molar refractivity (Wildman–Crippen MR) is 141 cm³/mol. The molecule has 0 bridgehead atoms. The molecule has 0 saturated carbocycles. The van der Waals surface area contributed by atoms with Crippen molar-refractivity contribution >= 4 is 23.1 Å². The van der Waals surface area contributed by atoms with Crippen molar-refractivity contribution < 1.29 is 19.4 Å². The molecule has 0 radical (unpaired) electrons. The molecule has 1 N–H and O–H groups in total. The molecule has 2 aromatic carbocycles. The highest BCUT2D eigenvalue weighted by Crippen LogP contribution is 2.43. The van der Waals surface area contributed by atoms with Crippen molar-refractivity contribution in [1.82, 2.24) is 4.98 Å². The maximum atomic E-state index is 13.4. The van der Waals surface area contributed by atoms with Crippen molar-refractivity contribution in [1.29, 1.82) is 0 Å². The molecule has 1 saturated heterocycles. The van der Waals surface area contributed by atoms with E-state index in [1.54, 1.807) is 36.7 Å². The first kappa shape index (κ1) is 25.2. The molecule has 0 aliphatic carbocycles. The Kier molecular flexibility index (Phi) is 7.25. The van der Waals surface area contributed by atoms with Gasteiger partial charge in [0.25, 0.3) is 11.7 Å². The van der Waals surface area contributed by atoms with E-state index in [4.69, 9.17) is 4.74 Å². The highest BCUT2D eigenvalue weighted by molar-refractivity contribution is 6.51. The van der Waals surface area contributed by atoms with Gasteiger partial charge in [-0.05, 0) is 77.9 Å². The number of nitrogens with zero attached hydrogens (tertiary/aromatic N) is 2. The topological polar surface area (TPSA) is 79.7 Å². The molecule has 6 nitrogen and oxygen atoms in total. The highest BCUT2D eigenvalue weighted by Gasteiger charge is 2.47. The van der Waals surface area contributed by atoms with E-state index in [0.29, 0.717) is 29.3 Å². The van der Waals surface area contributed by atoms with E-state index < -0.39 is 17.7 Å². The molecule has 3 aromatic rings. The Balaban J connectivity index is 1.89. The number of anilines is 1. The number of ether oxygens (including phenoxy) is 1. The summed E-state index contributed by atoms with van der Waals surface area (Å²) in [4.78, 5) is 32.3. The lowest BCUT2D eigenvalue weighted by atomic mass is 9.93. The molecule has 186 valence electrons. The lowest BCUT2D eigenvalue weighted by Crippen LogP contribution is -2.29. The zero-order valence-corrected chi connectivity index (χ0v) is 21.4. The molecule has 0 spiro atoms. The number of amides is 1. The van der Waals surface area contributed by atoms with Crippen LogP contribution in [0.4, 0.5) is 5.69 Å². The van der Waals surface area contributed by atoms with E-state index in [9.17, 15) is 14.7 Å². The van der Waals surface area contributed by atoms with Crippen molar-refractivity contribution in [3.63, 3.8) is 0 Å². The zero-order chi connectivity index (χ0) is 26.0. The van der Waals surface area contributed by atoms with E-state index in [1.807, 2.05) is 51.1 Å². The lowest BCUT2D eigenvalue weighted by molar-refractivity contribution is -0.132. The summed E-state index contributed by atoms with van der Waals surface area (Å²) in [7, 11) is 0. The van der Waals surface area contributed by atoms with Gasteiger partial charge in [0, 0.05) is 23.6 Å². The highest BCUT2D eigenvalue weighted by atomic mass is 16.5. The van der Waals surface area contributed by atoms with Crippen molar-refractivity contribution in [3.05, 3.63) is 94.8 Å². The van der Waals surface area contributed by atoms with Crippen LogP contribution >= 0.6 is 0 Å². The third kappa shape index (κ3) is 4.63. The van der Waals surface area contributed by atoms with E-state index in [-0.39, 0.29) is 17.3 Å². The predicted octanol–water partition coefficient (Wildman–Crippen LogP) is 6.35. The first-order chi connectivity index (χ1) is 17.2. The second kappa shape index (κ2) is 10.4. The third-order valence-corrected chi connectivity index (χ3v) is 6.51. The van der Waals surface area contributed by atoms with Gasteiger partial charge in [0.15, 0.2) is 0 Å². The summed E-state index contributed by atoms with van der Waals surface area (Å²) < 4.78 is 5.75. The average Bonchev–Trinajstić information content (AvgIpc) is 3.14. The van der Waals surface area contributed by atoms with Crippen LogP contribution in [0.5, 0.6) is 5.75 Å². The SMILES string of the molecule is CCOc1ccc(/C(O)=C2/C(=O)C(=O)N(c3ccc(C(C)C)cc3)C2c2ccncc2)cc1C(C)C. The monoisotopic (exact) mass is 484 g/mol. The molecule has 1 aromatic heterocycles. The number of rotatable bonds is 7. The first-order valence-corrected chi connectivity index (χ1v) is 12.3. The van der Waals surface area contributed by atoms with E-state index >= 15 is 0 Å². The number of ketones is 1. The van der Waals surface area contributed by atoms with E-state index in [0.717, 1.165) is 16.9 Å². The summed E-state index contributed by atoms with van der Waals surface area (Å²) in [5.74, 6) is -0.396. The summed E-state index contributed by atoms with van der Waals surface area (Å²) in [6.45, 7) is 10.7. The molecule has 6 heteroatoms. The van der Waals surface area contributed by atoms with Gasteiger partial charge in [-0.25, -0.2) is 0 Å². The van der Waals surface area contributed by atoms with Crippen molar-refractivity contribution in [2.24, 2.45) is 0 Å². The Morgan fingerprint density at radius 3 is 2.22 bits per heavy atom. The van der Waals surface area contributed by atoms with Crippen LogP contribution in [0.3, 0.4) is 0 Å². The van der Waals surface area contributed by atoms with Crippen LogP contribution in [0.2, 0.25) is 0 Å². The fourth-order valence-corrected chi connectivity index (χ4v) is 4.57. The summed E-state index contributed by atoms with van der Waals surface area (Å²) in [5.41, 5.74) is 3.85.